The maximum absolute atomic E-state index is 11.7. The second kappa shape index (κ2) is 3.32. The van der Waals surface area contributed by atoms with Gasteiger partial charge < -0.3 is 4.74 Å². The second-order valence-electron chi connectivity index (χ2n) is 2.63. The number of alkyl halides is 3. The summed E-state index contributed by atoms with van der Waals surface area (Å²) >= 11 is 0. The van der Waals surface area contributed by atoms with E-state index in [1.807, 2.05) is 0 Å². The van der Waals surface area contributed by atoms with E-state index in [9.17, 15) is 13.2 Å². The first-order valence-electron chi connectivity index (χ1n) is 3.50. The van der Waals surface area contributed by atoms with E-state index >= 15 is 0 Å². The first kappa shape index (κ1) is 9.96. The van der Waals surface area contributed by atoms with Crippen LogP contribution in [0.25, 0.3) is 0 Å². The number of halogens is 3. The summed E-state index contributed by atoms with van der Waals surface area (Å²) in [5.41, 5.74) is 0.874. The van der Waals surface area contributed by atoms with E-state index in [1.54, 1.807) is 13.0 Å². The van der Waals surface area contributed by atoms with E-state index in [2.05, 4.69) is 4.74 Å². The van der Waals surface area contributed by atoms with Crippen molar-refractivity contribution in [2.45, 2.75) is 13.3 Å². The zero-order valence-corrected chi connectivity index (χ0v) is 6.85. The fourth-order valence-electron chi connectivity index (χ4n) is 0.969. The Hall–Kier alpha value is -1.13. The third-order valence-electron chi connectivity index (χ3n) is 1.31. The minimum Gasteiger partial charge on any atom is -0.406 e. The van der Waals surface area contributed by atoms with Crippen molar-refractivity contribution in [2.24, 2.45) is 0 Å². The Balaban J connectivity index is 2.90. The molecule has 0 bridgehead atoms. The third-order valence-corrected chi connectivity index (χ3v) is 1.31. The molecule has 0 aliphatic rings. The van der Waals surface area contributed by atoms with Crippen molar-refractivity contribution in [1.82, 2.24) is 0 Å². The molecule has 5 heteroatoms. The first-order chi connectivity index (χ1) is 5.87. The van der Waals surface area contributed by atoms with E-state index in [0.29, 0.717) is 5.56 Å². The number of hydrogen-bond donors (Lipinski definition) is 0. The largest absolute Gasteiger partial charge is 0.573 e. The van der Waals surface area contributed by atoms with Gasteiger partial charge in [0.1, 0.15) is 13.6 Å². The molecule has 0 N–H and O–H groups in total. The highest BCUT2D eigenvalue weighted by atomic mass is 19.4. The summed E-state index contributed by atoms with van der Waals surface area (Å²) in [5, 5.41) is 0. The highest BCUT2D eigenvalue weighted by Gasteiger charge is 2.31. The molecule has 0 aliphatic carbocycles. The Morgan fingerprint density at radius 3 is 2.31 bits per heavy atom. The van der Waals surface area contributed by atoms with Gasteiger partial charge in [0, 0.05) is 0 Å². The van der Waals surface area contributed by atoms with Gasteiger partial charge in [-0.1, -0.05) is 11.5 Å². The minimum atomic E-state index is -4.67. The molecular formula is C8H6BF3O. The van der Waals surface area contributed by atoms with E-state index in [-0.39, 0.29) is 11.2 Å². The number of aryl methyl sites for hydroxylation is 1. The highest BCUT2D eigenvalue weighted by molar-refractivity contribution is 6.32. The molecule has 0 saturated heterocycles. The smallest absolute Gasteiger partial charge is 0.406 e. The van der Waals surface area contributed by atoms with Crippen molar-refractivity contribution in [3.8, 4) is 5.75 Å². The van der Waals surface area contributed by atoms with Crippen LogP contribution in [0.1, 0.15) is 5.56 Å². The van der Waals surface area contributed by atoms with E-state index in [4.69, 9.17) is 7.85 Å². The Morgan fingerprint density at radius 1 is 1.23 bits per heavy atom. The Morgan fingerprint density at radius 2 is 1.85 bits per heavy atom. The molecule has 13 heavy (non-hydrogen) atoms. The van der Waals surface area contributed by atoms with Crippen LogP contribution in [0, 0.1) is 6.92 Å². The molecular weight excluding hydrogens is 180 g/mol. The van der Waals surface area contributed by atoms with Crippen LogP contribution in [0.3, 0.4) is 0 Å². The van der Waals surface area contributed by atoms with E-state index in [1.165, 1.54) is 6.07 Å². The number of benzene rings is 1. The van der Waals surface area contributed by atoms with E-state index < -0.39 is 6.36 Å². The van der Waals surface area contributed by atoms with Crippen LogP contribution < -0.4 is 10.2 Å². The molecule has 0 fully saturated rings. The Bertz CT molecular complexity index is 288. The molecule has 1 rings (SSSR count). The summed E-state index contributed by atoms with van der Waals surface area (Å²) in [6, 6.07) is 3.95. The van der Waals surface area contributed by atoms with Crippen LogP contribution in [-0.4, -0.2) is 14.2 Å². The van der Waals surface area contributed by atoms with Crippen molar-refractivity contribution in [2.75, 3.05) is 0 Å². The molecule has 0 spiro atoms. The lowest BCUT2D eigenvalue weighted by Gasteiger charge is -2.09. The van der Waals surface area contributed by atoms with Crippen LogP contribution in [-0.2, 0) is 0 Å². The average Bonchev–Trinajstić information content (AvgIpc) is 1.78. The maximum Gasteiger partial charge on any atom is 0.573 e. The summed E-state index contributed by atoms with van der Waals surface area (Å²) in [6.07, 6.45) is -4.67. The summed E-state index contributed by atoms with van der Waals surface area (Å²) in [7, 11) is 5.33. The topological polar surface area (TPSA) is 9.23 Å². The van der Waals surface area contributed by atoms with Gasteiger partial charge in [-0.05, 0) is 24.6 Å². The third kappa shape index (κ3) is 3.40. The number of ether oxygens (including phenoxy) is 1. The molecule has 0 heterocycles. The molecule has 0 aliphatic heterocycles. The zero-order chi connectivity index (χ0) is 10.1. The number of rotatable bonds is 1. The van der Waals surface area contributed by atoms with Gasteiger partial charge in [-0.15, -0.1) is 13.2 Å². The quantitative estimate of drug-likeness (QED) is 0.606. The molecule has 0 aromatic heterocycles. The Kier molecular flexibility index (Phi) is 2.54. The molecule has 1 aromatic rings. The van der Waals surface area contributed by atoms with Crippen LogP contribution in [0.5, 0.6) is 5.75 Å². The van der Waals surface area contributed by atoms with Crippen LogP contribution in [0.2, 0.25) is 0 Å². The lowest BCUT2D eigenvalue weighted by atomic mass is 9.94. The van der Waals surface area contributed by atoms with Crippen LogP contribution in [0.15, 0.2) is 18.2 Å². The summed E-state index contributed by atoms with van der Waals surface area (Å²) in [6.45, 7) is 1.64. The molecule has 0 unspecified atom stereocenters. The monoisotopic (exact) mass is 186 g/mol. The SMILES string of the molecule is [B]c1cc(C)cc(OC(F)(F)F)c1. The molecule has 0 amide bonds. The fraction of sp³-hybridized carbons (Fsp3) is 0.250. The minimum absolute atomic E-state index is 0.249. The van der Waals surface area contributed by atoms with Crippen molar-refractivity contribution < 1.29 is 17.9 Å². The predicted molar refractivity (Wildman–Crippen MR) is 43.3 cm³/mol. The van der Waals surface area contributed by atoms with Gasteiger partial charge in [0.05, 0.1) is 0 Å². The van der Waals surface area contributed by atoms with Crippen LogP contribution >= 0.6 is 0 Å². The molecule has 0 atom stereocenters. The van der Waals surface area contributed by atoms with Crippen molar-refractivity contribution in [3.63, 3.8) is 0 Å². The van der Waals surface area contributed by atoms with Gasteiger partial charge >= 0.3 is 6.36 Å². The maximum atomic E-state index is 11.7. The normalized spacial score (nSPS) is 11.4. The lowest BCUT2D eigenvalue weighted by molar-refractivity contribution is -0.274. The average molecular weight is 186 g/mol. The Labute approximate surface area is 74.9 Å². The number of hydrogen-bond acceptors (Lipinski definition) is 1. The van der Waals surface area contributed by atoms with Crippen molar-refractivity contribution >= 4 is 13.3 Å². The van der Waals surface area contributed by atoms with Crippen molar-refractivity contribution in [3.05, 3.63) is 23.8 Å². The molecule has 2 radical (unpaired) electrons. The van der Waals surface area contributed by atoms with Gasteiger partial charge in [-0.2, -0.15) is 0 Å². The van der Waals surface area contributed by atoms with Crippen LogP contribution in [0.4, 0.5) is 13.2 Å². The van der Waals surface area contributed by atoms with Gasteiger partial charge in [-0.3, -0.25) is 0 Å². The van der Waals surface area contributed by atoms with E-state index in [0.717, 1.165) is 6.07 Å². The highest BCUT2D eigenvalue weighted by Crippen LogP contribution is 2.22. The summed E-state index contributed by atoms with van der Waals surface area (Å²) in [4.78, 5) is 0. The molecule has 1 aromatic carbocycles. The van der Waals surface area contributed by atoms with Gasteiger partial charge in [0.2, 0.25) is 0 Å². The van der Waals surface area contributed by atoms with Gasteiger partial charge in [0.15, 0.2) is 0 Å². The molecule has 0 saturated carbocycles. The zero-order valence-electron chi connectivity index (χ0n) is 6.85. The van der Waals surface area contributed by atoms with Gasteiger partial charge in [0.25, 0.3) is 0 Å². The predicted octanol–water partition coefficient (Wildman–Crippen LogP) is 1.69. The first-order valence-corrected chi connectivity index (χ1v) is 3.50. The fourth-order valence-corrected chi connectivity index (χ4v) is 0.969. The van der Waals surface area contributed by atoms with Crippen molar-refractivity contribution in [1.29, 1.82) is 0 Å². The lowest BCUT2D eigenvalue weighted by Crippen LogP contribution is -2.18. The van der Waals surface area contributed by atoms with Gasteiger partial charge in [-0.25, -0.2) is 0 Å². The molecule has 68 valence electrons. The standard InChI is InChI=1S/C8H6BF3O/c1-5-2-6(9)4-7(3-5)13-8(10,11)12/h2-4H,1H3. The molecule has 1 nitrogen and oxygen atoms in total. The second-order valence-corrected chi connectivity index (χ2v) is 2.63. The summed E-state index contributed by atoms with van der Waals surface area (Å²) in [5.74, 6) is -0.287. The summed E-state index contributed by atoms with van der Waals surface area (Å²) < 4.78 is 38.9.